The Morgan fingerprint density at radius 1 is 1.12 bits per heavy atom. The molecule has 0 unspecified atom stereocenters. The fourth-order valence-corrected chi connectivity index (χ4v) is 4.08. The molecule has 1 amide bonds. The van der Waals surface area contributed by atoms with Crippen LogP contribution in [0.4, 0.5) is 5.69 Å². The van der Waals surface area contributed by atoms with Crippen molar-refractivity contribution in [1.29, 1.82) is 0 Å². The molecule has 1 aromatic carbocycles. The van der Waals surface area contributed by atoms with Crippen LogP contribution in [0.3, 0.4) is 0 Å². The highest BCUT2D eigenvalue weighted by molar-refractivity contribution is 5.98. The number of halogens is 3. The van der Waals surface area contributed by atoms with Crippen LogP contribution in [0.5, 0.6) is 0 Å². The normalized spacial score (nSPS) is 13.6. The van der Waals surface area contributed by atoms with Crippen LogP contribution in [0.15, 0.2) is 24.3 Å². The number of hydrogen-bond acceptors (Lipinski definition) is 4. The van der Waals surface area contributed by atoms with E-state index in [0.29, 0.717) is 12.5 Å². The summed E-state index contributed by atoms with van der Waals surface area (Å²) in [6.07, 6.45) is 2.61. The number of benzene rings is 1. The summed E-state index contributed by atoms with van der Waals surface area (Å²) in [4.78, 5) is 17.9. The van der Waals surface area contributed by atoms with Crippen molar-refractivity contribution in [3.05, 3.63) is 46.8 Å². The molecule has 180 valence electrons. The van der Waals surface area contributed by atoms with Gasteiger partial charge in [0, 0.05) is 23.7 Å². The number of aromatic nitrogens is 1. The Hall–Kier alpha value is -1.37. The quantitative estimate of drug-likeness (QED) is 0.504. The molecule has 0 spiro atoms. The number of hydrogen-bond donors (Lipinski definition) is 3. The number of aryl methyl sites for hydroxylation is 2. The largest absolute Gasteiger partial charge is 0.326 e. The molecule has 2 aromatic rings. The molecule has 1 aliphatic rings. The standard InChI is InChI=1S/C24H34N4O.3ClH/c1-15(2)13-21-20(14-25)22(18-7-5-16(3)6-8-18)23(17(4)27-21)28-24(29)19-9-11-26-12-10-19;;;/h5-8,15,19,26H,9-14,25H2,1-4H3,(H,28,29);3*1H. The van der Waals surface area contributed by atoms with Crippen molar-refractivity contribution < 1.29 is 4.79 Å². The summed E-state index contributed by atoms with van der Waals surface area (Å²) in [5, 5.41) is 6.55. The molecule has 4 N–H and O–H groups in total. The van der Waals surface area contributed by atoms with Crippen molar-refractivity contribution in [2.45, 2.75) is 53.5 Å². The Labute approximate surface area is 211 Å². The molecule has 1 aromatic heterocycles. The molecular weight excluding hydrogens is 467 g/mol. The van der Waals surface area contributed by atoms with E-state index in [4.69, 9.17) is 10.7 Å². The summed E-state index contributed by atoms with van der Waals surface area (Å²) in [6.45, 7) is 10.6. The molecule has 8 heteroatoms. The maximum atomic E-state index is 13.0. The van der Waals surface area contributed by atoms with Gasteiger partial charge >= 0.3 is 0 Å². The van der Waals surface area contributed by atoms with Crippen molar-refractivity contribution in [2.75, 3.05) is 18.4 Å². The number of carbonyl (C=O) groups excluding carboxylic acids is 1. The molecule has 0 saturated carbocycles. The first-order chi connectivity index (χ1) is 13.9. The van der Waals surface area contributed by atoms with E-state index in [1.807, 2.05) is 6.92 Å². The van der Waals surface area contributed by atoms with Crippen LogP contribution in [0.1, 0.15) is 49.2 Å². The minimum Gasteiger partial charge on any atom is -0.326 e. The molecule has 1 aliphatic heterocycles. The monoisotopic (exact) mass is 502 g/mol. The zero-order valence-corrected chi connectivity index (χ0v) is 21.8. The number of nitrogens with zero attached hydrogens (tertiary/aromatic N) is 1. The van der Waals surface area contributed by atoms with Crippen LogP contribution in [0.25, 0.3) is 11.1 Å². The minimum atomic E-state index is 0. The van der Waals surface area contributed by atoms with Gasteiger partial charge in [0.25, 0.3) is 0 Å². The molecule has 32 heavy (non-hydrogen) atoms. The third kappa shape index (κ3) is 7.32. The Kier molecular flexibility index (Phi) is 13.4. The smallest absolute Gasteiger partial charge is 0.227 e. The van der Waals surface area contributed by atoms with E-state index in [9.17, 15) is 4.79 Å². The zero-order valence-electron chi connectivity index (χ0n) is 19.4. The Morgan fingerprint density at radius 3 is 2.25 bits per heavy atom. The van der Waals surface area contributed by atoms with Crippen molar-refractivity contribution >= 4 is 48.8 Å². The number of piperidine rings is 1. The van der Waals surface area contributed by atoms with Crippen LogP contribution < -0.4 is 16.4 Å². The average Bonchev–Trinajstić information content (AvgIpc) is 2.70. The van der Waals surface area contributed by atoms with E-state index in [-0.39, 0.29) is 49.0 Å². The predicted molar refractivity (Wildman–Crippen MR) is 142 cm³/mol. The highest BCUT2D eigenvalue weighted by Gasteiger charge is 2.25. The highest BCUT2D eigenvalue weighted by atomic mass is 35.5. The van der Waals surface area contributed by atoms with E-state index in [1.165, 1.54) is 5.56 Å². The second-order valence-corrected chi connectivity index (χ2v) is 8.55. The number of nitrogens with two attached hydrogens (primary N) is 1. The summed E-state index contributed by atoms with van der Waals surface area (Å²) in [7, 11) is 0. The lowest BCUT2D eigenvalue weighted by Gasteiger charge is -2.25. The number of anilines is 1. The van der Waals surface area contributed by atoms with Gasteiger partial charge in [-0.15, -0.1) is 37.2 Å². The van der Waals surface area contributed by atoms with E-state index >= 15 is 0 Å². The molecule has 1 saturated heterocycles. The van der Waals surface area contributed by atoms with Crippen LogP contribution >= 0.6 is 37.2 Å². The predicted octanol–water partition coefficient (Wildman–Crippen LogP) is 5.23. The third-order valence-corrected chi connectivity index (χ3v) is 5.67. The second-order valence-electron chi connectivity index (χ2n) is 8.55. The van der Waals surface area contributed by atoms with E-state index in [2.05, 4.69) is 55.7 Å². The summed E-state index contributed by atoms with van der Waals surface area (Å²) >= 11 is 0. The van der Waals surface area contributed by atoms with Crippen molar-refractivity contribution in [1.82, 2.24) is 10.3 Å². The zero-order chi connectivity index (χ0) is 21.0. The molecule has 0 bridgehead atoms. The molecule has 2 heterocycles. The summed E-state index contributed by atoms with van der Waals surface area (Å²) < 4.78 is 0. The topological polar surface area (TPSA) is 80.0 Å². The molecule has 3 rings (SSSR count). The molecular formula is C24H37Cl3N4O. The number of amides is 1. The summed E-state index contributed by atoms with van der Waals surface area (Å²) in [5.74, 6) is 0.607. The molecule has 0 radical (unpaired) electrons. The number of carbonyl (C=O) groups is 1. The maximum absolute atomic E-state index is 13.0. The molecule has 5 nitrogen and oxygen atoms in total. The number of rotatable bonds is 6. The second kappa shape index (κ2) is 14.0. The Balaban J connectivity index is 0.00000320. The van der Waals surface area contributed by atoms with E-state index < -0.39 is 0 Å². The van der Waals surface area contributed by atoms with Gasteiger partial charge in [0.2, 0.25) is 5.91 Å². The number of nitrogens with one attached hydrogen (secondary N) is 2. The van der Waals surface area contributed by atoms with Crippen LogP contribution in [0.2, 0.25) is 0 Å². The van der Waals surface area contributed by atoms with Gasteiger partial charge in [-0.25, -0.2) is 0 Å². The lowest BCUT2D eigenvalue weighted by molar-refractivity contribution is -0.120. The Morgan fingerprint density at radius 2 is 1.72 bits per heavy atom. The first-order valence-corrected chi connectivity index (χ1v) is 10.7. The summed E-state index contributed by atoms with van der Waals surface area (Å²) in [5.41, 5.74) is 13.3. The van der Waals surface area contributed by atoms with Gasteiger partial charge in [0.05, 0.1) is 11.4 Å². The lowest BCUT2D eigenvalue weighted by Crippen LogP contribution is -2.35. The summed E-state index contributed by atoms with van der Waals surface area (Å²) in [6, 6.07) is 8.43. The molecule has 1 fully saturated rings. The van der Waals surface area contributed by atoms with Gasteiger partial charge in [-0.05, 0) is 63.2 Å². The van der Waals surface area contributed by atoms with Gasteiger partial charge in [0.15, 0.2) is 0 Å². The van der Waals surface area contributed by atoms with Gasteiger partial charge in [-0.2, -0.15) is 0 Å². The highest BCUT2D eigenvalue weighted by Crippen LogP contribution is 2.36. The SMILES string of the molecule is Cc1ccc(-c2c(CN)c(CC(C)C)nc(C)c2NC(=O)C2CCNCC2)cc1.Cl.Cl.Cl. The maximum Gasteiger partial charge on any atom is 0.227 e. The first-order valence-electron chi connectivity index (χ1n) is 10.7. The van der Waals surface area contributed by atoms with Crippen molar-refractivity contribution in [2.24, 2.45) is 17.6 Å². The minimum absolute atomic E-state index is 0. The lowest BCUT2D eigenvalue weighted by atomic mass is 9.91. The van der Waals surface area contributed by atoms with Crippen LogP contribution in [0, 0.1) is 25.7 Å². The Bertz CT molecular complexity index is 867. The van der Waals surface area contributed by atoms with Gasteiger partial charge < -0.3 is 16.4 Å². The third-order valence-electron chi connectivity index (χ3n) is 5.67. The van der Waals surface area contributed by atoms with Crippen LogP contribution in [-0.2, 0) is 17.8 Å². The first kappa shape index (κ1) is 30.6. The van der Waals surface area contributed by atoms with Crippen molar-refractivity contribution in [3.8, 4) is 11.1 Å². The number of pyridine rings is 1. The fraction of sp³-hybridized carbons (Fsp3) is 0.500. The molecule has 0 aliphatic carbocycles. The fourth-order valence-electron chi connectivity index (χ4n) is 4.08. The van der Waals surface area contributed by atoms with Gasteiger partial charge in [-0.3, -0.25) is 9.78 Å². The van der Waals surface area contributed by atoms with E-state index in [0.717, 1.165) is 66.1 Å². The van der Waals surface area contributed by atoms with Crippen LogP contribution in [-0.4, -0.2) is 24.0 Å². The van der Waals surface area contributed by atoms with Gasteiger partial charge in [0.1, 0.15) is 0 Å². The van der Waals surface area contributed by atoms with E-state index in [1.54, 1.807) is 0 Å². The van der Waals surface area contributed by atoms with Crippen molar-refractivity contribution in [3.63, 3.8) is 0 Å². The molecule has 0 atom stereocenters. The average molecular weight is 504 g/mol. The van der Waals surface area contributed by atoms with Gasteiger partial charge in [-0.1, -0.05) is 43.7 Å².